The number of amides is 1. The van der Waals surface area contributed by atoms with Crippen LogP contribution in [0.3, 0.4) is 0 Å². The van der Waals surface area contributed by atoms with E-state index in [0.717, 1.165) is 72.9 Å². The number of pyridine rings is 1. The van der Waals surface area contributed by atoms with Gasteiger partial charge in [-0.15, -0.1) is 0 Å². The number of benzene rings is 2. The molecule has 2 aliphatic rings. The molecule has 0 aliphatic heterocycles. The highest BCUT2D eigenvalue weighted by molar-refractivity contribution is 5.87. The fraction of sp³-hybridized carbons (Fsp3) is 0.429. The van der Waals surface area contributed by atoms with E-state index in [2.05, 4.69) is 10.3 Å². The number of halogens is 3. The molecule has 0 radical (unpaired) electrons. The predicted octanol–water partition coefficient (Wildman–Crippen LogP) is 7.41. The van der Waals surface area contributed by atoms with Gasteiger partial charge in [-0.2, -0.15) is 13.2 Å². The Balaban J connectivity index is 1.31. The molecule has 8 heteroatoms. The summed E-state index contributed by atoms with van der Waals surface area (Å²) in [4.78, 5) is 18.4. The SMILES string of the molecule is Cc1cc(C(F)(F)F)c2c3c(n(Cc4ccc([C@@H](C(=O)N[C@@H](CO)c5ccccc5)C5CCCC5)cc4)c2n1)CCCC3. The Bertz CT molecular complexity index is 1590. The molecule has 4 aromatic rings. The molecule has 1 fully saturated rings. The summed E-state index contributed by atoms with van der Waals surface area (Å²) in [5, 5.41) is 13.4. The van der Waals surface area contributed by atoms with Crippen LogP contribution in [0.2, 0.25) is 0 Å². The molecule has 2 N–H and O–H groups in total. The molecule has 0 saturated heterocycles. The van der Waals surface area contributed by atoms with Gasteiger partial charge in [-0.05, 0) is 79.7 Å². The number of aliphatic hydroxyl groups is 1. The minimum Gasteiger partial charge on any atom is -0.394 e. The second-order valence-corrected chi connectivity index (χ2v) is 12.1. The van der Waals surface area contributed by atoms with Gasteiger partial charge in [0.05, 0.1) is 24.1 Å². The lowest BCUT2D eigenvalue weighted by Gasteiger charge is -2.26. The smallest absolute Gasteiger partial charge is 0.394 e. The third-order valence-electron chi connectivity index (χ3n) is 9.29. The number of fused-ring (bicyclic) bond motifs is 3. The number of rotatable bonds is 8. The monoisotopic (exact) mass is 589 g/mol. The fourth-order valence-electron chi connectivity index (χ4n) is 7.25. The molecule has 2 aromatic heterocycles. The van der Waals surface area contributed by atoms with Crippen molar-refractivity contribution in [1.29, 1.82) is 0 Å². The molecule has 226 valence electrons. The number of aromatic nitrogens is 2. The summed E-state index contributed by atoms with van der Waals surface area (Å²) < 4.78 is 44.4. The van der Waals surface area contributed by atoms with E-state index in [1.807, 2.05) is 59.2 Å². The van der Waals surface area contributed by atoms with Crippen molar-refractivity contribution in [3.8, 4) is 0 Å². The first-order chi connectivity index (χ1) is 20.7. The van der Waals surface area contributed by atoms with Gasteiger partial charge in [-0.1, -0.05) is 67.4 Å². The lowest BCUT2D eigenvalue weighted by molar-refractivity contribution is -0.136. The molecule has 0 bridgehead atoms. The van der Waals surface area contributed by atoms with Gasteiger partial charge in [0.15, 0.2) is 0 Å². The molecule has 1 saturated carbocycles. The highest BCUT2D eigenvalue weighted by atomic mass is 19.4. The Kier molecular flexibility index (Phi) is 8.32. The average Bonchev–Trinajstić information content (AvgIpc) is 3.63. The van der Waals surface area contributed by atoms with Crippen LogP contribution in [0.25, 0.3) is 11.0 Å². The highest BCUT2D eigenvalue weighted by Crippen LogP contribution is 2.42. The maximum Gasteiger partial charge on any atom is 0.417 e. The number of hydrogen-bond acceptors (Lipinski definition) is 3. The molecule has 2 heterocycles. The van der Waals surface area contributed by atoms with Gasteiger partial charge < -0.3 is 15.0 Å². The lowest BCUT2D eigenvalue weighted by atomic mass is 9.83. The van der Waals surface area contributed by atoms with Crippen molar-refractivity contribution in [2.75, 3.05) is 6.61 Å². The summed E-state index contributed by atoms with van der Waals surface area (Å²) in [6.45, 7) is 1.85. The lowest BCUT2D eigenvalue weighted by Crippen LogP contribution is -2.37. The molecule has 2 aliphatic carbocycles. The Hall–Kier alpha value is -3.65. The van der Waals surface area contributed by atoms with Crippen LogP contribution < -0.4 is 5.32 Å². The van der Waals surface area contributed by atoms with Crippen LogP contribution >= 0.6 is 0 Å². The highest BCUT2D eigenvalue weighted by Gasteiger charge is 2.37. The second-order valence-electron chi connectivity index (χ2n) is 12.1. The van der Waals surface area contributed by atoms with Crippen molar-refractivity contribution in [3.05, 3.63) is 99.9 Å². The summed E-state index contributed by atoms with van der Waals surface area (Å²) in [5.74, 6) is -0.213. The van der Waals surface area contributed by atoms with E-state index in [1.165, 1.54) is 6.07 Å². The number of nitrogens with zero attached hydrogens (tertiary/aromatic N) is 2. The van der Waals surface area contributed by atoms with Gasteiger partial charge in [-0.3, -0.25) is 4.79 Å². The van der Waals surface area contributed by atoms with Crippen LogP contribution in [0.5, 0.6) is 0 Å². The Morgan fingerprint density at radius 1 is 1.00 bits per heavy atom. The summed E-state index contributed by atoms with van der Waals surface area (Å²) in [5.41, 5.74) is 4.64. The van der Waals surface area contributed by atoms with Crippen molar-refractivity contribution in [2.24, 2.45) is 5.92 Å². The zero-order chi connectivity index (χ0) is 30.1. The number of carbonyl (C=O) groups excluding carboxylic acids is 1. The largest absolute Gasteiger partial charge is 0.417 e. The number of carbonyl (C=O) groups is 1. The van der Waals surface area contributed by atoms with Gasteiger partial charge in [0.25, 0.3) is 0 Å². The first-order valence-corrected chi connectivity index (χ1v) is 15.4. The third-order valence-corrected chi connectivity index (χ3v) is 9.29. The van der Waals surface area contributed by atoms with Gasteiger partial charge in [0.1, 0.15) is 5.65 Å². The van der Waals surface area contributed by atoms with E-state index in [-0.39, 0.29) is 29.7 Å². The van der Waals surface area contributed by atoms with Gasteiger partial charge in [0, 0.05) is 23.3 Å². The van der Waals surface area contributed by atoms with Crippen LogP contribution in [0.15, 0.2) is 60.7 Å². The van der Waals surface area contributed by atoms with Crippen LogP contribution in [0, 0.1) is 12.8 Å². The molecular weight excluding hydrogens is 551 g/mol. The third kappa shape index (κ3) is 5.94. The Morgan fingerprint density at radius 3 is 2.37 bits per heavy atom. The van der Waals surface area contributed by atoms with Crippen LogP contribution in [-0.4, -0.2) is 27.2 Å². The summed E-state index contributed by atoms with van der Waals surface area (Å²) in [6.07, 6.45) is 2.86. The second kappa shape index (κ2) is 12.2. The number of aryl methyl sites for hydroxylation is 2. The molecule has 2 aromatic carbocycles. The zero-order valence-corrected chi connectivity index (χ0v) is 24.5. The van der Waals surface area contributed by atoms with E-state index in [4.69, 9.17) is 0 Å². The molecule has 0 spiro atoms. The van der Waals surface area contributed by atoms with Crippen molar-refractivity contribution in [1.82, 2.24) is 14.9 Å². The fourth-order valence-corrected chi connectivity index (χ4v) is 7.25. The first kappa shape index (κ1) is 29.4. The molecule has 0 unspecified atom stereocenters. The van der Waals surface area contributed by atoms with Crippen LogP contribution in [-0.2, 0) is 30.4 Å². The van der Waals surface area contributed by atoms with Crippen molar-refractivity contribution in [3.63, 3.8) is 0 Å². The van der Waals surface area contributed by atoms with Crippen molar-refractivity contribution in [2.45, 2.75) is 83.0 Å². The molecule has 6 rings (SSSR count). The molecule has 1 amide bonds. The predicted molar refractivity (Wildman–Crippen MR) is 161 cm³/mol. The minimum atomic E-state index is -4.45. The molecule has 43 heavy (non-hydrogen) atoms. The van der Waals surface area contributed by atoms with E-state index >= 15 is 0 Å². The number of alkyl halides is 3. The zero-order valence-electron chi connectivity index (χ0n) is 24.5. The quantitative estimate of drug-likeness (QED) is 0.225. The van der Waals surface area contributed by atoms with E-state index in [9.17, 15) is 23.1 Å². The number of nitrogens with one attached hydrogen (secondary N) is 1. The van der Waals surface area contributed by atoms with Gasteiger partial charge in [0.2, 0.25) is 5.91 Å². The maximum atomic E-state index is 14.1. The maximum absolute atomic E-state index is 14.1. The summed E-state index contributed by atoms with van der Waals surface area (Å²) in [7, 11) is 0. The Labute approximate surface area is 250 Å². The topological polar surface area (TPSA) is 67.2 Å². The molecular formula is C35H38F3N3O2. The van der Waals surface area contributed by atoms with Gasteiger partial charge in [-0.25, -0.2) is 4.98 Å². The average molecular weight is 590 g/mol. The summed E-state index contributed by atoms with van der Waals surface area (Å²) in [6, 6.07) is 18.1. The first-order valence-electron chi connectivity index (χ1n) is 15.4. The standard InChI is InChI=1S/C35H38F3N3O2/c1-22-19-28(35(36,37)38)32-27-13-7-8-14-30(27)41(33(32)39-22)20-23-15-17-26(18-16-23)31(25-11-5-6-12-25)34(43)40-29(21-42)24-9-3-2-4-10-24/h2-4,9-10,15-19,25,29,31,42H,5-8,11-14,20-21H2,1H3,(H,40,43)/t29-,31-/m0/s1. The molecule has 2 atom stereocenters. The summed E-state index contributed by atoms with van der Waals surface area (Å²) >= 11 is 0. The van der Waals surface area contributed by atoms with Crippen LogP contribution in [0.4, 0.5) is 13.2 Å². The van der Waals surface area contributed by atoms with E-state index in [0.29, 0.717) is 24.3 Å². The normalized spacial score (nSPS) is 17.1. The Morgan fingerprint density at radius 2 is 1.70 bits per heavy atom. The van der Waals surface area contributed by atoms with E-state index in [1.54, 1.807) is 6.92 Å². The minimum absolute atomic E-state index is 0.0904. The number of hydrogen-bond donors (Lipinski definition) is 2. The van der Waals surface area contributed by atoms with Crippen molar-refractivity contribution < 1.29 is 23.1 Å². The molecule has 5 nitrogen and oxygen atoms in total. The van der Waals surface area contributed by atoms with Crippen LogP contribution in [0.1, 0.15) is 89.7 Å². The van der Waals surface area contributed by atoms with Crippen molar-refractivity contribution >= 4 is 16.9 Å². The number of aliphatic hydroxyl groups excluding tert-OH is 1. The van der Waals surface area contributed by atoms with Gasteiger partial charge >= 0.3 is 6.18 Å². The van der Waals surface area contributed by atoms with E-state index < -0.39 is 17.8 Å².